The van der Waals surface area contributed by atoms with Gasteiger partial charge in [-0.25, -0.2) is 4.79 Å². The Morgan fingerprint density at radius 2 is 1.44 bits per heavy atom. The van der Waals surface area contributed by atoms with Crippen LogP contribution in [0.4, 0.5) is 24.5 Å². The van der Waals surface area contributed by atoms with Crippen LogP contribution in [-0.4, -0.2) is 62.4 Å². The number of carbonyl (C=O) groups is 1. The number of esters is 1. The number of benzene rings is 4. The molecule has 5 aromatic rings. The van der Waals surface area contributed by atoms with Gasteiger partial charge in [-0.15, -0.1) is 0 Å². The van der Waals surface area contributed by atoms with Crippen molar-refractivity contribution in [3.63, 3.8) is 0 Å². The smallest absolute Gasteiger partial charge is 0.417 e. The SMILES string of the molecule is COC(=O)c1ccc(-c2ccc3c(c2)N(CCN2CCOCC2)c2cc(-c4ccc5[nH]ccc5c4)ccc2O3)cc1C(F)(F)F. The minimum absolute atomic E-state index is 0.324. The fraction of sp³-hybridized carbons (Fsp3) is 0.229. The number of ether oxygens (including phenoxy) is 3. The molecule has 0 spiro atoms. The molecule has 4 aromatic carbocycles. The lowest BCUT2D eigenvalue weighted by Crippen LogP contribution is -2.41. The van der Waals surface area contributed by atoms with Gasteiger partial charge in [0.05, 0.1) is 42.8 Å². The zero-order valence-electron chi connectivity index (χ0n) is 24.5. The van der Waals surface area contributed by atoms with Crippen LogP contribution >= 0.6 is 0 Å². The van der Waals surface area contributed by atoms with Gasteiger partial charge >= 0.3 is 12.1 Å². The number of halogens is 3. The molecule has 1 aromatic heterocycles. The normalized spacial score (nSPS) is 15.0. The van der Waals surface area contributed by atoms with Crippen molar-refractivity contribution < 1.29 is 32.2 Å². The third kappa shape index (κ3) is 5.63. The first-order valence-electron chi connectivity index (χ1n) is 14.7. The number of nitrogens with zero attached hydrogens (tertiary/aromatic N) is 2. The van der Waals surface area contributed by atoms with E-state index in [9.17, 15) is 18.0 Å². The Bertz CT molecular complexity index is 1900. The van der Waals surface area contributed by atoms with E-state index >= 15 is 0 Å². The van der Waals surface area contributed by atoms with Crippen LogP contribution in [0.2, 0.25) is 0 Å². The van der Waals surface area contributed by atoms with Crippen LogP contribution in [0.5, 0.6) is 11.5 Å². The number of methoxy groups -OCH3 is 1. The summed E-state index contributed by atoms with van der Waals surface area (Å²) in [5, 5.41) is 1.11. The first-order valence-corrected chi connectivity index (χ1v) is 14.7. The monoisotopic (exact) mass is 613 g/mol. The highest BCUT2D eigenvalue weighted by Crippen LogP contribution is 2.49. The van der Waals surface area contributed by atoms with Crippen LogP contribution in [0.15, 0.2) is 85.1 Å². The first kappa shape index (κ1) is 28.9. The Labute approximate surface area is 257 Å². The van der Waals surface area contributed by atoms with Crippen LogP contribution < -0.4 is 9.64 Å². The number of nitrogens with one attached hydrogen (secondary N) is 1. The molecule has 0 radical (unpaired) electrons. The summed E-state index contributed by atoms with van der Waals surface area (Å²) in [6.45, 7) is 4.39. The molecule has 3 heterocycles. The summed E-state index contributed by atoms with van der Waals surface area (Å²) in [5.74, 6) is 0.271. The summed E-state index contributed by atoms with van der Waals surface area (Å²) in [4.78, 5) is 19.9. The standard InChI is InChI=1S/C35H30F3N3O4/c1-43-34(42)27-6-2-23(19-28(27)35(36,37)38)25-5-9-33-31(21-25)41(13-12-40-14-16-44-17-15-40)30-20-24(4-8-32(30)45-33)22-3-7-29-26(18-22)10-11-39-29/h2-11,18-21,39H,12-17H2,1H3. The van der Waals surface area contributed by atoms with Crippen molar-refractivity contribution in [2.24, 2.45) is 0 Å². The third-order valence-electron chi connectivity index (χ3n) is 8.41. The van der Waals surface area contributed by atoms with Crippen LogP contribution in [0.25, 0.3) is 33.2 Å². The van der Waals surface area contributed by atoms with Crippen LogP contribution in [0.3, 0.4) is 0 Å². The van der Waals surface area contributed by atoms with Crippen molar-refractivity contribution in [3.8, 4) is 33.8 Å². The molecule has 0 saturated carbocycles. The largest absolute Gasteiger partial charge is 0.465 e. The van der Waals surface area contributed by atoms with Crippen molar-refractivity contribution in [2.75, 3.05) is 51.4 Å². The van der Waals surface area contributed by atoms with Gasteiger partial charge in [-0.3, -0.25) is 4.90 Å². The van der Waals surface area contributed by atoms with E-state index < -0.39 is 23.3 Å². The molecule has 0 unspecified atom stereocenters. The van der Waals surface area contributed by atoms with E-state index in [4.69, 9.17) is 9.47 Å². The lowest BCUT2D eigenvalue weighted by molar-refractivity contribution is -0.138. The van der Waals surface area contributed by atoms with Gasteiger partial charge in [0.2, 0.25) is 0 Å². The van der Waals surface area contributed by atoms with Gasteiger partial charge in [0, 0.05) is 37.9 Å². The Kier molecular flexibility index (Phi) is 7.47. The molecule has 0 atom stereocenters. The second-order valence-electron chi connectivity index (χ2n) is 11.1. The molecular weight excluding hydrogens is 583 g/mol. The average Bonchev–Trinajstić information content (AvgIpc) is 3.54. The van der Waals surface area contributed by atoms with Crippen molar-refractivity contribution >= 4 is 28.2 Å². The second kappa shape index (κ2) is 11.6. The third-order valence-corrected chi connectivity index (χ3v) is 8.41. The molecular formula is C35H30F3N3O4. The molecule has 0 bridgehead atoms. The maximum atomic E-state index is 14.0. The van der Waals surface area contributed by atoms with Gasteiger partial charge < -0.3 is 24.1 Å². The highest BCUT2D eigenvalue weighted by Gasteiger charge is 2.36. The molecule has 10 heteroatoms. The summed E-state index contributed by atoms with van der Waals surface area (Å²) in [5.41, 5.74) is 4.07. The fourth-order valence-corrected chi connectivity index (χ4v) is 6.02. The van der Waals surface area contributed by atoms with Gasteiger partial charge in [-0.05, 0) is 82.2 Å². The molecule has 230 valence electrons. The predicted molar refractivity (Wildman–Crippen MR) is 166 cm³/mol. The van der Waals surface area contributed by atoms with Gasteiger partial charge in [0.15, 0.2) is 11.5 Å². The summed E-state index contributed by atoms with van der Waals surface area (Å²) in [6, 6.07) is 23.4. The number of alkyl halides is 3. The van der Waals surface area contributed by atoms with Crippen molar-refractivity contribution in [1.29, 1.82) is 0 Å². The van der Waals surface area contributed by atoms with Gasteiger partial charge in [0.1, 0.15) is 0 Å². The van der Waals surface area contributed by atoms with E-state index in [-0.39, 0.29) is 0 Å². The van der Waals surface area contributed by atoms with Crippen LogP contribution in [0.1, 0.15) is 15.9 Å². The van der Waals surface area contributed by atoms with Crippen molar-refractivity contribution in [3.05, 3.63) is 96.2 Å². The lowest BCUT2D eigenvalue weighted by atomic mass is 9.97. The Morgan fingerprint density at radius 3 is 2.11 bits per heavy atom. The summed E-state index contributed by atoms with van der Waals surface area (Å²) in [6.07, 6.45) is -2.82. The van der Waals surface area contributed by atoms with Crippen LogP contribution in [0, 0.1) is 0 Å². The number of fused-ring (bicyclic) bond motifs is 3. The zero-order chi connectivity index (χ0) is 31.1. The van der Waals surface area contributed by atoms with E-state index in [1.807, 2.05) is 30.5 Å². The Hall–Kier alpha value is -4.80. The Balaban J connectivity index is 1.30. The molecule has 1 N–H and O–H groups in total. The summed E-state index contributed by atoms with van der Waals surface area (Å²) in [7, 11) is 1.06. The maximum Gasteiger partial charge on any atom is 0.417 e. The van der Waals surface area contributed by atoms with Crippen molar-refractivity contribution in [2.45, 2.75) is 6.18 Å². The number of aromatic nitrogens is 1. The number of aromatic amines is 1. The second-order valence-corrected chi connectivity index (χ2v) is 11.1. The van der Waals surface area contributed by atoms with Gasteiger partial charge in [-0.1, -0.05) is 24.3 Å². The topological polar surface area (TPSA) is 67.0 Å². The molecule has 2 aliphatic rings. The van der Waals surface area contributed by atoms with E-state index in [1.165, 1.54) is 12.1 Å². The number of rotatable bonds is 6. The molecule has 7 nitrogen and oxygen atoms in total. The predicted octanol–water partition coefficient (Wildman–Crippen LogP) is 7.88. The molecule has 1 saturated heterocycles. The molecule has 0 aliphatic carbocycles. The Morgan fingerprint density at radius 1 is 0.822 bits per heavy atom. The molecule has 45 heavy (non-hydrogen) atoms. The highest BCUT2D eigenvalue weighted by atomic mass is 19.4. The zero-order valence-corrected chi connectivity index (χ0v) is 24.5. The molecule has 7 rings (SSSR count). The number of morpholine rings is 1. The minimum atomic E-state index is -4.74. The first-order chi connectivity index (χ1) is 21.8. The number of anilines is 2. The molecule has 2 aliphatic heterocycles. The number of carbonyl (C=O) groups excluding carboxylic acids is 1. The molecule has 1 fully saturated rings. The highest BCUT2D eigenvalue weighted by molar-refractivity contribution is 5.93. The van der Waals surface area contributed by atoms with E-state index in [0.717, 1.165) is 66.2 Å². The van der Waals surface area contributed by atoms with Crippen LogP contribution in [-0.2, 0) is 15.7 Å². The maximum absolute atomic E-state index is 14.0. The van der Waals surface area contributed by atoms with E-state index in [2.05, 4.69) is 43.8 Å². The van der Waals surface area contributed by atoms with Crippen molar-refractivity contribution in [1.82, 2.24) is 9.88 Å². The summed E-state index contributed by atoms with van der Waals surface area (Å²) >= 11 is 0. The van der Waals surface area contributed by atoms with E-state index in [0.29, 0.717) is 42.4 Å². The van der Waals surface area contributed by atoms with Gasteiger partial charge in [-0.2, -0.15) is 13.2 Å². The summed E-state index contributed by atoms with van der Waals surface area (Å²) < 4.78 is 58.5. The lowest BCUT2D eigenvalue weighted by Gasteiger charge is -2.36. The quantitative estimate of drug-likeness (QED) is 0.197. The fourth-order valence-electron chi connectivity index (χ4n) is 6.02. The number of hydrogen-bond acceptors (Lipinski definition) is 6. The molecule has 0 amide bonds. The number of hydrogen-bond donors (Lipinski definition) is 1. The van der Waals surface area contributed by atoms with Gasteiger partial charge in [0.25, 0.3) is 0 Å². The van der Waals surface area contributed by atoms with E-state index in [1.54, 1.807) is 12.1 Å². The average molecular weight is 614 g/mol. The number of H-pyrrole nitrogens is 1. The minimum Gasteiger partial charge on any atom is -0.465 e.